The van der Waals surface area contributed by atoms with Crippen molar-refractivity contribution in [2.24, 2.45) is 132 Å². The summed E-state index contributed by atoms with van der Waals surface area (Å²) in [6, 6.07) is -12.4. The van der Waals surface area contributed by atoms with E-state index in [1.807, 2.05) is 0 Å². The van der Waals surface area contributed by atoms with Gasteiger partial charge in [-0.05, 0) is 89.9 Å². The maximum atomic E-state index is 14.7. The molecule has 0 aromatic carbocycles. The van der Waals surface area contributed by atoms with Crippen molar-refractivity contribution in [1.82, 2.24) is 37.2 Å². The van der Waals surface area contributed by atoms with Gasteiger partial charge in [-0.2, -0.15) is 0 Å². The molecule has 0 radical (unpaired) electrons. The topological polar surface area (TPSA) is 787 Å². The Kier molecular flexibility index (Phi) is 42.0. The fourth-order valence-corrected chi connectivity index (χ4v) is 9.96. The first kappa shape index (κ1) is 81.7. The Morgan fingerprint density at radius 2 is 0.462 bits per heavy atom. The Labute approximate surface area is 534 Å². The molecule has 0 saturated carbocycles. The van der Waals surface area contributed by atoms with Crippen LogP contribution >= 0.6 is 21.6 Å². The first-order valence-electron chi connectivity index (χ1n) is 28.6. The first-order chi connectivity index (χ1) is 42.8. The van der Waals surface area contributed by atoms with Crippen LogP contribution in [0.15, 0.2) is 34.9 Å². The number of aliphatic carboxylic acids is 1. The van der Waals surface area contributed by atoms with E-state index in [0.717, 1.165) is 21.6 Å². The normalized spacial score (nSPS) is 13.6. The smallest absolute Gasteiger partial charge is 0.321 e. The number of nitrogens with two attached hydrogens (primary N) is 17. The van der Waals surface area contributed by atoms with Gasteiger partial charge in [-0.25, -0.2) is 0 Å². The zero-order chi connectivity index (χ0) is 69.0. The van der Waals surface area contributed by atoms with Crippen LogP contribution in [0.1, 0.15) is 89.9 Å². The molecule has 0 aromatic rings. The third-order valence-electron chi connectivity index (χ3n) is 12.3. The summed E-state index contributed by atoms with van der Waals surface area (Å²) in [5.41, 5.74) is 94.6. The van der Waals surface area contributed by atoms with Crippen molar-refractivity contribution in [3.05, 3.63) is 0 Å². The molecular formula is C48H97N31O10S2. The SMILES string of the molecule is NC(=O)[C@H](CCCN=C(N)N)NC(=O)C(CCCN=C(N)N)NC(=O)[C@H](CCCN=C(N)N)NC(=O)C(CCCN=C(N)N)NC(=O)[C@H](CCCN=C(N)N)NC(=O)C(CCCN=C(N)N)NC(=O)[C@H](CCCN=C(N)N)NC(=O)C(N)CSSC[C@H](N)C(=O)O. The van der Waals surface area contributed by atoms with Gasteiger partial charge in [0.2, 0.25) is 47.3 Å². The summed E-state index contributed by atoms with van der Waals surface area (Å²) < 4.78 is 0. The number of carboxylic acids is 1. The zero-order valence-corrected chi connectivity index (χ0v) is 52.5. The Balaban J connectivity index is 7.47. The van der Waals surface area contributed by atoms with E-state index in [-0.39, 0.29) is 189 Å². The molecule has 42 N–H and O–H groups in total. The predicted molar refractivity (Wildman–Crippen MR) is 351 cm³/mol. The number of carbonyl (C=O) groups is 9. The lowest BCUT2D eigenvalue weighted by molar-refractivity contribution is -0.138. The third kappa shape index (κ3) is 40.8. The minimum Gasteiger partial charge on any atom is -0.480 e. The highest BCUT2D eigenvalue weighted by atomic mass is 33.1. The van der Waals surface area contributed by atoms with Crippen LogP contribution in [0.5, 0.6) is 0 Å². The van der Waals surface area contributed by atoms with E-state index in [4.69, 9.17) is 103 Å². The van der Waals surface area contributed by atoms with Crippen molar-refractivity contribution in [3.8, 4) is 0 Å². The highest BCUT2D eigenvalue weighted by Crippen LogP contribution is 2.22. The van der Waals surface area contributed by atoms with Gasteiger partial charge in [0, 0.05) is 57.3 Å². The van der Waals surface area contributed by atoms with Crippen LogP contribution in [0.4, 0.5) is 0 Å². The lowest BCUT2D eigenvalue weighted by atomic mass is 10.0. The Morgan fingerprint density at radius 1 is 0.286 bits per heavy atom. The lowest BCUT2D eigenvalue weighted by Crippen LogP contribution is -2.60. The first-order valence-corrected chi connectivity index (χ1v) is 31.1. The van der Waals surface area contributed by atoms with E-state index in [1.54, 1.807) is 0 Å². The van der Waals surface area contributed by atoms with Crippen molar-refractivity contribution < 1.29 is 48.3 Å². The van der Waals surface area contributed by atoms with Crippen LogP contribution in [-0.2, 0) is 43.2 Å². The molecule has 0 spiro atoms. The van der Waals surface area contributed by atoms with Gasteiger partial charge in [0.25, 0.3) is 0 Å². The maximum Gasteiger partial charge on any atom is 0.321 e. The van der Waals surface area contributed by atoms with Crippen LogP contribution in [0.25, 0.3) is 0 Å². The molecule has 0 aromatic heterocycles. The van der Waals surface area contributed by atoms with Crippen LogP contribution in [0.2, 0.25) is 0 Å². The number of amides is 8. The molecule has 0 rings (SSSR count). The molecule has 516 valence electrons. The number of carboxylic acid groups (broad SMARTS) is 1. The number of aliphatic imine (C=N–C) groups is 7. The maximum absolute atomic E-state index is 14.7. The molecule has 0 fully saturated rings. The lowest BCUT2D eigenvalue weighted by Gasteiger charge is -2.28. The quantitative estimate of drug-likeness (QED) is 0.0116. The largest absolute Gasteiger partial charge is 0.480 e. The molecule has 0 saturated heterocycles. The van der Waals surface area contributed by atoms with E-state index < -0.39 is 108 Å². The van der Waals surface area contributed by atoms with Crippen LogP contribution in [0, 0.1) is 0 Å². The third-order valence-corrected chi connectivity index (χ3v) is 14.8. The number of hydrogen-bond acceptors (Lipinski definition) is 20. The highest BCUT2D eigenvalue weighted by molar-refractivity contribution is 8.76. The molecular weight excluding hydrogens is 1230 g/mol. The fourth-order valence-electron chi connectivity index (χ4n) is 7.73. The summed E-state index contributed by atoms with van der Waals surface area (Å²) in [5, 5.41) is 27.4. The molecule has 4 unspecified atom stereocenters. The summed E-state index contributed by atoms with van der Waals surface area (Å²) in [6.45, 7) is -0.0210. The van der Waals surface area contributed by atoms with Crippen LogP contribution in [-0.4, -0.2) is 212 Å². The highest BCUT2D eigenvalue weighted by Gasteiger charge is 2.34. The number of guanidine groups is 7. The molecule has 8 amide bonds. The number of nitrogens with zero attached hydrogens (tertiary/aromatic N) is 7. The minimum atomic E-state index is -1.52. The van der Waals surface area contributed by atoms with Gasteiger partial charge in [0.1, 0.15) is 48.3 Å². The van der Waals surface area contributed by atoms with Gasteiger partial charge in [0.15, 0.2) is 41.7 Å². The average Bonchev–Trinajstić information content (AvgIpc) is 1.88. The van der Waals surface area contributed by atoms with Gasteiger partial charge in [-0.15, -0.1) is 0 Å². The van der Waals surface area contributed by atoms with Crippen molar-refractivity contribution in [1.29, 1.82) is 0 Å². The Hall–Kier alpha value is -9.26. The van der Waals surface area contributed by atoms with Crippen molar-refractivity contribution in [3.63, 3.8) is 0 Å². The monoisotopic (exact) mass is 1330 g/mol. The second-order valence-corrected chi connectivity index (χ2v) is 22.6. The standard InChI is InChI=1S/C48H97N31O10S2/c49-24(22-90-91-23-25(50)41(88)89)34(81)74-27(9-2-16-67-43(54)55)36(83)76-29(11-4-18-69-45(58)59)38(85)78-31(13-6-20-71-47(62)63)40(87)79-32(14-7-21-72-48(64)65)39(86)77-30(12-5-19-70-46(60)61)37(84)75-28(10-3-17-68-44(56)57)35(82)73-26(33(51)80)8-1-15-66-42(52)53/h24-32H,1-23,49-50H2,(H2,51,80)(H,73,82)(H,74,81)(H,75,84)(H,76,83)(H,77,86)(H,78,85)(H,79,87)(H,88,89)(H4,52,53,66)(H4,54,55,67)(H4,56,57,68)(H4,58,59,69)(H4,60,61,70)(H4,62,63,71)(H4,64,65,72)/t24?,25-,26-,27-,28?,29?,30-,31-,32?/m0/s1. The van der Waals surface area contributed by atoms with Crippen molar-refractivity contribution in [2.45, 2.75) is 144 Å². The zero-order valence-electron chi connectivity index (χ0n) is 50.8. The number of primary amides is 1. The molecule has 0 bridgehead atoms. The van der Waals surface area contributed by atoms with Gasteiger partial charge in [0.05, 0.1) is 6.04 Å². The molecule has 0 aliphatic heterocycles. The average molecular weight is 1330 g/mol. The number of rotatable bonds is 49. The van der Waals surface area contributed by atoms with E-state index >= 15 is 0 Å². The van der Waals surface area contributed by atoms with E-state index in [9.17, 15) is 43.2 Å². The molecule has 43 heteroatoms. The number of carbonyl (C=O) groups excluding carboxylic acids is 8. The number of nitrogens with one attached hydrogen (secondary N) is 7. The van der Waals surface area contributed by atoms with Gasteiger partial charge >= 0.3 is 5.97 Å². The molecule has 0 aliphatic carbocycles. The fraction of sp³-hybridized carbons (Fsp3) is 0.667. The summed E-state index contributed by atoms with van der Waals surface area (Å²) in [5.74, 6) is -10.2. The summed E-state index contributed by atoms with van der Waals surface area (Å²) >= 11 is 0. The predicted octanol–water partition coefficient (Wildman–Crippen LogP) is -11.6. The summed E-state index contributed by atoms with van der Waals surface area (Å²) in [7, 11) is 2.14. The Morgan fingerprint density at radius 3 is 0.648 bits per heavy atom. The molecule has 0 aliphatic rings. The van der Waals surface area contributed by atoms with Crippen molar-refractivity contribution in [2.75, 3.05) is 57.3 Å². The van der Waals surface area contributed by atoms with E-state index in [1.165, 1.54) is 0 Å². The molecule has 9 atom stereocenters. The summed E-state index contributed by atoms with van der Waals surface area (Å²) in [6.07, 6.45) is -0.210. The molecule has 0 heterocycles. The second-order valence-electron chi connectivity index (χ2n) is 20.1. The van der Waals surface area contributed by atoms with Gasteiger partial charge < -0.3 is 140 Å². The van der Waals surface area contributed by atoms with E-state index in [2.05, 4.69) is 72.2 Å². The second kappa shape index (κ2) is 46.8. The van der Waals surface area contributed by atoms with Crippen LogP contribution in [0.3, 0.4) is 0 Å². The number of hydrogen-bond donors (Lipinski definition) is 25. The van der Waals surface area contributed by atoms with Crippen molar-refractivity contribution >= 4 is 117 Å². The summed E-state index contributed by atoms with van der Waals surface area (Å²) in [4.78, 5) is 151. The van der Waals surface area contributed by atoms with Gasteiger partial charge in [-0.1, -0.05) is 21.6 Å². The molecule has 91 heavy (non-hydrogen) atoms. The Bertz CT molecular complexity index is 2530. The minimum absolute atomic E-state index is 0.00254. The van der Waals surface area contributed by atoms with Gasteiger partial charge in [-0.3, -0.25) is 78.1 Å². The van der Waals surface area contributed by atoms with Crippen LogP contribution < -0.4 is 135 Å². The van der Waals surface area contributed by atoms with E-state index in [0.29, 0.717) is 0 Å². The molecule has 41 nitrogen and oxygen atoms in total.